The molecule has 1 aliphatic rings. The van der Waals surface area contributed by atoms with E-state index < -0.39 is 18.0 Å². The average molecular weight is 584 g/mol. The first kappa shape index (κ1) is 28.0. The van der Waals surface area contributed by atoms with E-state index in [1.54, 1.807) is 48.5 Å². The molecule has 0 spiro atoms. The van der Waals surface area contributed by atoms with Crippen molar-refractivity contribution in [3.8, 4) is 11.1 Å². The number of hydrogen-bond acceptors (Lipinski definition) is 7. The number of aromatic nitrogens is 4. The van der Waals surface area contributed by atoms with E-state index in [1.165, 1.54) is 16.8 Å². The van der Waals surface area contributed by atoms with Gasteiger partial charge in [-0.25, -0.2) is 4.39 Å². The molecule has 1 aliphatic heterocycles. The van der Waals surface area contributed by atoms with Crippen LogP contribution in [-0.4, -0.2) is 55.2 Å². The number of likely N-dealkylation sites (tertiary alicyclic amines) is 1. The molecule has 1 saturated heterocycles. The van der Waals surface area contributed by atoms with Gasteiger partial charge in [-0.3, -0.25) is 19.1 Å². The molecule has 0 bridgehead atoms. The SMILES string of the molecule is Cc1c([C@@H](C)NC(=O)C2C[C@@H](C)CN2C(=O)Cn2nc(C(N)=O)c3cc(-c4ccnnc4)ccc32)oc2ccc(F)cc12. The van der Waals surface area contributed by atoms with Crippen molar-refractivity contribution in [1.82, 2.24) is 30.2 Å². The summed E-state index contributed by atoms with van der Waals surface area (Å²) in [6.45, 7) is 5.82. The van der Waals surface area contributed by atoms with Crippen molar-refractivity contribution in [1.29, 1.82) is 0 Å². The number of amides is 3. The molecule has 3 amide bonds. The molecular formula is C31H30FN7O4. The van der Waals surface area contributed by atoms with Crippen LogP contribution in [0.25, 0.3) is 33.0 Å². The standard InChI is InChI=1S/C31H30FN7O4/c1-16-10-25(31(42)36-18(3)29-17(2)22-12-21(32)5-7-26(22)43-29)38(14-16)27(40)15-39-24-6-4-19(20-8-9-34-35-13-20)11-23(24)28(37-39)30(33)41/h4-9,11-13,16,18,25H,10,14-15H2,1-3H3,(H2,33,41)(H,36,42)/t16-,18-,25?/m1/s1. The summed E-state index contributed by atoms with van der Waals surface area (Å²) >= 11 is 0. The molecule has 3 N–H and O–H groups in total. The minimum Gasteiger partial charge on any atom is -0.459 e. The van der Waals surface area contributed by atoms with Crippen LogP contribution in [0, 0.1) is 18.7 Å². The monoisotopic (exact) mass is 583 g/mol. The summed E-state index contributed by atoms with van der Waals surface area (Å²) in [7, 11) is 0. The molecule has 2 aromatic carbocycles. The van der Waals surface area contributed by atoms with Crippen molar-refractivity contribution < 1.29 is 23.2 Å². The lowest BCUT2D eigenvalue weighted by Crippen LogP contribution is -2.47. The number of carbonyl (C=O) groups excluding carboxylic acids is 3. The number of hydrogen-bond donors (Lipinski definition) is 2. The molecule has 220 valence electrons. The number of nitrogens with one attached hydrogen (secondary N) is 1. The highest BCUT2D eigenvalue weighted by Gasteiger charge is 2.39. The number of nitrogens with two attached hydrogens (primary N) is 1. The van der Waals surface area contributed by atoms with Gasteiger partial charge in [0.1, 0.15) is 29.7 Å². The van der Waals surface area contributed by atoms with Gasteiger partial charge in [-0.15, -0.1) is 0 Å². The Labute approximate surface area is 245 Å². The maximum Gasteiger partial charge on any atom is 0.269 e. The molecule has 43 heavy (non-hydrogen) atoms. The summed E-state index contributed by atoms with van der Waals surface area (Å²) in [5, 5.41) is 16.2. The molecule has 5 aromatic rings. The lowest BCUT2D eigenvalue weighted by molar-refractivity contribution is -0.139. The molecule has 3 aromatic heterocycles. The molecule has 1 unspecified atom stereocenters. The summed E-state index contributed by atoms with van der Waals surface area (Å²) in [5.74, 6) is -1.08. The minimum absolute atomic E-state index is 0.0469. The fraction of sp³-hybridized carbons (Fsp3) is 0.290. The maximum atomic E-state index is 13.8. The highest BCUT2D eigenvalue weighted by molar-refractivity contribution is 6.05. The largest absolute Gasteiger partial charge is 0.459 e. The Balaban J connectivity index is 1.23. The van der Waals surface area contributed by atoms with Gasteiger partial charge < -0.3 is 20.4 Å². The predicted molar refractivity (Wildman–Crippen MR) is 156 cm³/mol. The van der Waals surface area contributed by atoms with Gasteiger partial charge in [-0.05, 0) is 68.1 Å². The fourth-order valence-corrected chi connectivity index (χ4v) is 5.91. The minimum atomic E-state index is -0.717. The summed E-state index contributed by atoms with van der Waals surface area (Å²) in [6, 6.07) is 10.3. The van der Waals surface area contributed by atoms with Gasteiger partial charge in [0.25, 0.3) is 5.91 Å². The molecule has 11 nitrogen and oxygen atoms in total. The van der Waals surface area contributed by atoms with E-state index in [9.17, 15) is 18.8 Å². The van der Waals surface area contributed by atoms with Crippen LogP contribution in [-0.2, 0) is 16.1 Å². The first-order chi connectivity index (χ1) is 20.6. The van der Waals surface area contributed by atoms with E-state index in [0.717, 1.165) is 16.7 Å². The number of halogens is 1. The van der Waals surface area contributed by atoms with Crippen LogP contribution in [0.2, 0.25) is 0 Å². The van der Waals surface area contributed by atoms with Crippen molar-refractivity contribution in [2.24, 2.45) is 11.7 Å². The van der Waals surface area contributed by atoms with Crippen molar-refractivity contribution in [3.63, 3.8) is 0 Å². The molecule has 3 atom stereocenters. The Morgan fingerprint density at radius 3 is 2.67 bits per heavy atom. The maximum absolute atomic E-state index is 13.8. The second kappa shape index (κ2) is 10.9. The highest BCUT2D eigenvalue weighted by Crippen LogP contribution is 2.31. The average Bonchev–Trinajstić information content (AvgIpc) is 3.66. The van der Waals surface area contributed by atoms with Crippen LogP contribution in [0.4, 0.5) is 4.39 Å². The molecule has 6 rings (SSSR count). The second-order valence-electron chi connectivity index (χ2n) is 11.1. The van der Waals surface area contributed by atoms with E-state index in [-0.39, 0.29) is 35.8 Å². The third-order valence-electron chi connectivity index (χ3n) is 8.01. The highest BCUT2D eigenvalue weighted by atomic mass is 19.1. The number of rotatable bonds is 7. The quantitative estimate of drug-likeness (QED) is 0.295. The Hall–Kier alpha value is -5.13. The number of fused-ring (bicyclic) bond motifs is 2. The van der Waals surface area contributed by atoms with Gasteiger partial charge in [0, 0.05) is 28.4 Å². The molecule has 1 fully saturated rings. The van der Waals surface area contributed by atoms with Crippen molar-refractivity contribution in [3.05, 3.63) is 77.7 Å². The normalized spacial score (nSPS) is 17.4. The first-order valence-corrected chi connectivity index (χ1v) is 14.0. The third-order valence-corrected chi connectivity index (χ3v) is 8.01. The van der Waals surface area contributed by atoms with Gasteiger partial charge in [-0.1, -0.05) is 13.0 Å². The molecule has 0 saturated carbocycles. The van der Waals surface area contributed by atoms with Crippen LogP contribution < -0.4 is 11.1 Å². The van der Waals surface area contributed by atoms with Crippen molar-refractivity contribution >= 4 is 39.6 Å². The van der Waals surface area contributed by atoms with Gasteiger partial charge in [-0.2, -0.15) is 15.3 Å². The number of primary amides is 1. The number of carbonyl (C=O) groups is 3. The third kappa shape index (κ3) is 5.20. The number of nitrogens with zero attached hydrogens (tertiary/aromatic N) is 5. The Bertz CT molecular complexity index is 1880. The van der Waals surface area contributed by atoms with Crippen LogP contribution in [0.1, 0.15) is 48.1 Å². The molecule has 0 aliphatic carbocycles. The Morgan fingerprint density at radius 1 is 1.12 bits per heavy atom. The van der Waals surface area contributed by atoms with Crippen molar-refractivity contribution in [2.75, 3.05) is 6.54 Å². The van der Waals surface area contributed by atoms with Crippen LogP contribution >= 0.6 is 0 Å². The van der Waals surface area contributed by atoms with E-state index in [1.807, 2.05) is 19.9 Å². The lowest BCUT2D eigenvalue weighted by Gasteiger charge is -2.25. The van der Waals surface area contributed by atoms with E-state index in [0.29, 0.717) is 40.6 Å². The number of benzene rings is 2. The summed E-state index contributed by atoms with van der Waals surface area (Å²) in [6.07, 6.45) is 3.67. The van der Waals surface area contributed by atoms with Gasteiger partial charge >= 0.3 is 0 Å². The molecular weight excluding hydrogens is 553 g/mol. The van der Waals surface area contributed by atoms with E-state index >= 15 is 0 Å². The molecule has 0 radical (unpaired) electrons. The van der Waals surface area contributed by atoms with Crippen LogP contribution in [0.3, 0.4) is 0 Å². The summed E-state index contributed by atoms with van der Waals surface area (Å²) in [5.41, 5.74) is 9.12. The smallest absolute Gasteiger partial charge is 0.269 e. The van der Waals surface area contributed by atoms with Gasteiger partial charge in [0.05, 0.1) is 24.0 Å². The zero-order chi connectivity index (χ0) is 30.4. The summed E-state index contributed by atoms with van der Waals surface area (Å²) in [4.78, 5) is 41.0. The zero-order valence-electron chi connectivity index (χ0n) is 23.9. The van der Waals surface area contributed by atoms with Crippen LogP contribution in [0.5, 0.6) is 0 Å². The zero-order valence-corrected chi connectivity index (χ0v) is 23.9. The second-order valence-corrected chi connectivity index (χ2v) is 11.1. The number of furan rings is 1. The first-order valence-electron chi connectivity index (χ1n) is 14.0. The van der Waals surface area contributed by atoms with E-state index in [4.69, 9.17) is 10.2 Å². The predicted octanol–water partition coefficient (Wildman–Crippen LogP) is 3.90. The van der Waals surface area contributed by atoms with E-state index in [2.05, 4.69) is 20.6 Å². The number of aryl methyl sites for hydroxylation is 1. The Morgan fingerprint density at radius 2 is 1.93 bits per heavy atom. The Kier molecular flexibility index (Phi) is 7.12. The van der Waals surface area contributed by atoms with Crippen LogP contribution in [0.15, 0.2) is 59.3 Å². The van der Waals surface area contributed by atoms with Crippen molar-refractivity contribution in [2.45, 2.75) is 45.8 Å². The topological polar surface area (TPSA) is 149 Å². The fourth-order valence-electron chi connectivity index (χ4n) is 5.91. The lowest BCUT2D eigenvalue weighted by atomic mass is 10.0. The molecule has 4 heterocycles. The van der Waals surface area contributed by atoms with Gasteiger partial charge in [0.15, 0.2) is 5.69 Å². The summed E-state index contributed by atoms with van der Waals surface area (Å²) < 4.78 is 21.2. The van der Waals surface area contributed by atoms with Gasteiger partial charge in [0.2, 0.25) is 11.8 Å². The molecule has 12 heteroatoms.